The zero-order valence-electron chi connectivity index (χ0n) is 15.3. The fourth-order valence-corrected chi connectivity index (χ4v) is 3.78. The molecule has 0 bridgehead atoms. The minimum Gasteiger partial charge on any atom is -0.495 e. The number of benzene rings is 2. The van der Waals surface area contributed by atoms with Crippen molar-refractivity contribution in [2.45, 2.75) is 25.3 Å². The fraction of sp³-hybridized carbons (Fsp3) is 0.333. The molecule has 2 N–H and O–H groups in total. The molecular formula is C21H23N3O3. The van der Waals surface area contributed by atoms with Crippen LogP contribution in [0.1, 0.15) is 28.8 Å². The Morgan fingerprint density at radius 1 is 1.22 bits per heavy atom. The first-order valence-corrected chi connectivity index (χ1v) is 9.25. The second-order valence-corrected chi connectivity index (χ2v) is 7.00. The third kappa shape index (κ3) is 3.60. The lowest BCUT2D eigenvalue weighted by molar-refractivity contribution is -0.116. The zero-order valence-corrected chi connectivity index (χ0v) is 15.3. The van der Waals surface area contributed by atoms with Gasteiger partial charge in [-0.25, -0.2) is 0 Å². The van der Waals surface area contributed by atoms with E-state index in [1.165, 1.54) is 0 Å². The van der Waals surface area contributed by atoms with Gasteiger partial charge in [-0.1, -0.05) is 12.1 Å². The molecule has 140 valence electrons. The average Bonchev–Trinajstić information content (AvgIpc) is 3.15. The van der Waals surface area contributed by atoms with Crippen LogP contribution in [-0.2, 0) is 11.2 Å². The molecule has 6 heteroatoms. The van der Waals surface area contributed by atoms with Crippen molar-refractivity contribution in [3.8, 4) is 5.75 Å². The van der Waals surface area contributed by atoms with Crippen LogP contribution in [0.15, 0.2) is 42.5 Å². The van der Waals surface area contributed by atoms with Crippen molar-refractivity contribution >= 4 is 23.2 Å². The topological polar surface area (TPSA) is 70.7 Å². The molecule has 1 unspecified atom stereocenters. The molecule has 2 aromatic carbocycles. The largest absolute Gasteiger partial charge is 0.495 e. The number of hydrogen-bond acceptors (Lipinski definition) is 4. The first kappa shape index (κ1) is 17.4. The van der Waals surface area contributed by atoms with E-state index in [1.54, 1.807) is 13.2 Å². The Morgan fingerprint density at radius 2 is 2.07 bits per heavy atom. The van der Waals surface area contributed by atoms with Crippen LogP contribution in [0.3, 0.4) is 0 Å². The lowest BCUT2D eigenvalue weighted by atomic mass is 10.00. The van der Waals surface area contributed by atoms with E-state index in [1.807, 2.05) is 36.4 Å². The molecule has 0 radical (unpaired) electrons. The summed E-state index contributed by atoms with van der Waals surface area (Å²) in [6.07, 6.45) is 2.03. The Kier molecular flexibility index (Phi) is 4.71. The van der Waals surface area contributed by atoms with Gasteiger partial charge in [-0.3, -0.25) is 9.59 Å². The van der Waals surface area contributed by atoms with Gasteiger partial charge in [0.2, 0.25) is 5.91 Å². The van der Waals surface area contributed by atoms with Crippen LogP contribution >= 0.6 is 0 Å². The number of fused-ring (bicyclic) bond motifs is 1. The number of carbonyl (C=O) groups excluding carboxylic acids is 2. The third-order valence-corrected chi connectivity index (χ3v) is 5.21. The summed E-state index contributed by atoms with van der Waals surface area (Å²) in [5.74, 6) is 0.810. The second-order valence-electron chi connectivity index (χ2n) is 7.00. The number of anilines is 2. The summed E-state index contributed by atoms with van der Waals surface area (Å²) in [6, 6.07) is 13.5. The van der Waals surface area contributed by atoms with E-state index in [9.17, 15) is 9.59 Å². The Labute approximate surface area is 158 Å². The van der Waals surface area contributed by atoms with Crippen LogP contribution in [0.5, 0.6) is 5.75 Å². The molecule has 1 atom stereocenters. The molecule has 0 saturated carbocycles. The van der Waals surface area contributed by atoms with Crippen LogP contribution in [0.4, 0.5) is 11.4 Å². The monoisotopic (exact) mass is 365 g/mol. The quantitative estimate of drug-likeness (QED) is 0.874. The number of hydrogen-bond donors (Lipinski definition) is 2. The molecule has 27 heavy (non-hydrogen) atoms. The van der Waals surface area contributed by atoms with E-state index in [2.05, 4.69) is 15.5 Å². The number of nitrogens with one attached hydrogen (secondary N) is 2. The molecule has 2 aliphatic rings. The summed E-state index contributed by atoms with van der Waals surface area (Å²) in [5.41, 5.74) is 3.53. The van der Waals surface area contributed by atoms with Gasteiger partial charge in [0.15, 0.2) is 0 Å². The van der Waals surface area contributed by atoms with Crippen molar-refractivity contribution in [1.29, 1.82) is 0 Å². The number of para-hydroxylation sites is 2. The number of aryl methyl sites for hydroxylation is 1. The standard InChI is InChI=1S/C21H23N3O3/c1-27-19-5-3-2-4-18(19)24-11-10-16(13-24)22-21(26)15-6-8-17-14(12-15)7-9-20(25)23-17/h2-6,8,12,16H,7,9-11,13H2,1H3,(H,22,26)(H,23,25). The molecule has 0 aliphatic carbocycles. The summed E-state index contributed by atoms with van der Waals surface area (Å²) >= 11 is 0. The average molecular weight is 365 g/mol. The molecule has 2 heterocycles. The summed E-state index contributed by atoms with van der Waals surface area (Å²) < 4.78 is 5.44. The van der Waals surface area contributed by atoms with Gasteiger partial charge in [0.25, 0.3) is 5.91 Å². The van der Waals surface area contributed by atoms with E-state index in [0.717, 1.165) is 42.2 Å². The van der Waals surface area contributed by atoms with Crippen LogP contribution in [-0.4, -0.2) is 38.1 Å². The Bertz CT molecular complexity index is 881. The van der Waals surface area contributed by atoms with Gasteiger partial charge in [-0.15, -0.1) is 0 Å². The molecule has 1 saturated heterocycles. The molecule has 4 rings (SSSR count). The highest BCUT2D eigenvalue weighted by molar-refractivity contribution is 5.98. The number of ether oxygens (including phenoxy) is 1. The number of methoxy groups -OCH3 is 1. The second kappa shape index (κ2) is 7.31. The van der Waals surface area contributed by atoms with E-state index in [-0.39, 0.29) is 17.9 Å². The number of amides is 2. The maximum Gasteiger partial charge on any atom is 0.251 e. The Hall–Kier alpha value is -3.02. The van der Waals surface area contributed by atoms with Gasteiger partial charge < -0.3 is 20.3 Å². The predicted molar refractivity (Wildman–Crippen MR) is 104 cm³/mol. The van der Waals surface area contributed by atoms with Gasteiger partial charge in [0.05, 0.1) is 12.8 Å². The number of rotatable bonds is 4. The molecule has 2 amide bonds. The van der Waals surface area contributed by atoms with Gasteiger partial charge in [0.1, 0.15) is 5.75 Å². The lowest BCUT2D eigenvalue weighted by Crippen LogP contribution is -2.37. The Morgan fingerprint density at radius 3 is 2.93 bits per heavy atom. The van der Waals surface area contributed by atoms with Gasteiger partial charge >= 0.3 is 0 Å². The van der Waals surface area contributed by atoms with Crippen molar-refractivity contribution in [3.63, 3.8) is 0 Å². The summed E-state index contributed by atoms with van der Waals surface area (Å²) in [5, 5.41) is 5.98. The third-order valence-electron chi connectivity index (χ3n) is 5.21. The summed E-state index contributed by atoms with van der Waals surface area (Å²) in [7, 11) is 1.67. The smallest absolute Gasteiger partial charge is 0.251 e. The molecule has 0 spiro atoms. The summed E-state index contributed by atoms with van der Waals surface area (Å²) in [6.45, 7) is 1.63. The lowest BCUT2D eigenvalue weighted by Gasteiger charge is -2.21. The van der Waals surface area contributed by atoms with Gasteiger partial charge in [-0.05, 0) is 48.7 Å². The van der Waals surface area contributed by atoms with Gasteiger partial charge in [0, 0.05) is 36.8 Å². The first-order chi connectivity index (χ1) is 13.1. The molecule has 6 nitrogen and oxygen atoms in total. The van der Waals surface area contributed by atoms with Crippen molar-refractivity contribution in [3.05, 3.63) is 53.6 Å². The molecule has 1 fully saturated rings. The molecule has 2 aromatic rings. The van der Waals surface area contributed by atoms with Crippen molar-refractivity contribution in [2.75, 3.05) is 30.4 Å². The van der Waals surface area contributed by atoms with Crippen molar-refractivity contribution in [1.82, 2.24) is 5.32 Å². The van der Waals surface area contributed by atoms with Crippen molar-refractivity contribution in [2.24, 2.45) is 0 Å². The maximum absolute atomic E-state index is 12.7. The number of carbonyl (C=O) groups is 2. The minimum absolute atomic E-state index is 0.0297. The predicted octanol–water partition coefficient (Wildman–Crippen LogP) is 2.59. The summed E-state index contributed by atoms with van der Waals surface area (Å²) in [4.78, 5) is 26.4. The first-order valence-electron chi connectivity index (χ1n) is 9.25. The van der Waals surface area contributed by atoms with E-state index in [0.29, 0.717) is 18.4 Å². The highest BCUT2D eigenvalue weighted by Gasteiger charge is 2.26. The normalized spacial score (nSPS) is 18.6. The van der Waals surface area contributed by atoms with E-state index < -0.39 is 0 Å². The van der Waals surface area contributed by atoms with E-state index >= 15 is 0 Å². The van der Waals surface area contributed by atoms with Crippen LogP contribution in [0.2, 0.25) is 0 Å². The number of nitrogens with zero attached hydrogens (tertiary/aromatic N) is 1. The molecule has 0 aromatic heterocycles. The SMILES string of the molecule is COc1ccccc1N1CCC(NC(=O)c2ccc3c(c2)CCC(=O)N3)C1. The van der Waals surface area contributed by atoms with Crippen LogP contribution in [0, 0.1) is 0 Å². The highest BCUT2D eigenvalue weighted by Crippen LogP contribution is 2.30. The minimum atomic E-state index is -0.0680. The Balaban J connectivity index is 1.41. The molecule has 2 aliphatic heterocycles. The fourth-order valence-electron chi connectivity index (χ4n) is 3.78. The van der Waals surface area contributed by atoms with Crippen LogP contribution < -0.4 is 20.3 Å². The van der Waals surface area contributed by atoms with Gasteiger partial charge in [-0.2, -0.15) is 0 Å². The van der Waals surface area contributed by atoms with E-state index in [4.69, 9.17) is 4.74 Å². The maximum atomic E-state index is 12.7. The molecular weight excluding hydrogens is 342 g/mol. The zero-order chi connectivity index (χ0) is 18.8. The highest BCUT2D eigenvalue weighted by atomic mass is 16.5. The van der Waals surface area contributed by atoms with Crippen LogP contribution in [0.25, 0.3) is 0 Å². The van der Waals surface area contributed by atoms with Crippen molar-refractivity contribution < 1.29 is 14.3 Å².